The third-order valence-corrected chi connectivity index (χ3v) is 4.44. The van der Waals surface area contributed by atoms with Crippen molar-refractivity contribution in [3.63, 3.8) is 0 Å². The SMILES string of the molecule is C#C.CCOC(=O)C(CC(C)C)n1cc(CCN2CC(C)C2)ccc1=O. The van der Waals surface area contributed by atoms with E-state index in [-0.39, 0.29) is 11.5 Å². The maximum absolute atomic E-state index is 12.3. The topological polar surface area (TPSA) is 51.5 Å². The summed E-state index contributed by atoms with van der Waals surface area (Å²) in [7, 11) is 0. The Hall–Kier alpha value is -2.06. The van der Waals surface area contributed by atoms with Crippen molar-refractivity contribution in [3.8, 4) is 12.8 Å². The highest BCUT2D eigenvalue weighted by molar-refractivity contribution is 5.74. The highest BCUT2D eigenvalue weighted by atomic mass is 16.5. The van der Waals surface area contributed by atoms with Crippen LogP contribution in [0.25, 0.3) is 0 Å². The van der Waals surface area contributed by atoms with Crippen LogP contribution in [0.2, 0.25) is 0 Å². The molecular weight excluding hydrogens is 328 g/mol. The first kappa shape index (κ1) is 22.0. The molecule has 1 aliphatic rings. The Morgan fingerprint density at radius 1 is 1.31 bits per heavy atom. The summed E-state index contributed by atoms with van der Waals surface area (Å²) in [6, 6.07) is 2.90. The van der Waals surface area contributed by atoms with E-state index in [4.69, 9.17) is 4.74 Å². The quantitative estimate of drug-likeness (QED) is 0.528. The molecule has 1 aliphatic heterocycles. The van der Waals surface area contributed by atoms with Gasteiger partial charge in [0.2, 0.25) is 0 Å². The van der Waals surface area contributed by atoms with Crippen LogP contribution in [0, 0.1) is 24.7 Å². The minimum absolute atomic E-state index is 0.143. The second-order valence-corrected chi connectivity index (χ2v) is 7.29. The van der Waals surface area contributed by atoms with Crippen LogP contribution in [-0.4, -0.2) is 41.7 Å². The van der Waals surface area contributed by atoms with Crippen molar-refractivity contribution in [1.29, 1.82) is 0 Å². The highest BCUT2D eigenvalue weighted by Gasteiger charge is 2.25. The molecule has 0 aromatic carbocycles. The Kier molecular flexibility index (Phi) is 9.15. The van der Waals surface area contributed by atoms with Gasteiger partial charge < -0.3 is 14.2 Å². The first-order chi connectivity index (χ1) is 12.4. The van der Waals surface area contributed by atoms with Crippen LogP contribution in [0.5, 0.6) is 0 Å². The molecule has 0 radical (unpaired) electrons. The average molecular weight is 360 g/mol. The first-order valence-electron chi connectivity index (χ1n) is 9.34. The fraction of sp³-hybridized carbons (Fsp3) is 0.619. The van der Waals surface area contributed by atoms with Gasteiger partial charge >= 0.3 is 5.97 Å². The van der Waals surface area contributed by atoms with E-state index in [2.05, 4.69) is 24.7 Å². The zero-order chi connectivity index (χ0) is 19.7. The van der Waals surface area contributed by atoms with Crippen molar-refractivity contribution in [1.82, 2.24) is 9.47 Å². The van der Waals surface area contributed by atoms with Crippen molar-refractivity contribution >= 4 is 5.97 Å². The molecule has 1 saturated heterocycles. The van der Waals surface area contributed by atoms with Gasteiger partial charge in [-0.3, -0.25) is 4.79 Å². The van der Waals surface area contributed by atoms with Gasteiger partial charge in [0.1, 0.15) is 6.04 Å². The van der Waals surface area contributed by atoms with Crippen molar-refractivity contribution in [2.24, 2.45) is 11.8 Å². The monoisotopic (exact) mass is 360 g/mol. The molecule has 1 aromatic rings. The number of likely N-dealkylation sites (tertiary alicyclic amines) is 1. The Morgan fingerprint density at radius 2 is 1.96 bits per heavy atom. The summed E-state index contributed by atoms with van der Waals surface area (Å²) in [6.45, 7) is 11.8. The van der Waals surface area contributed by atoms with E-state index < -0.39 is 6.04 Å². The van der Waals surface area contributed by atoms with Gasteiger partial charge in [0.15, 0.2) is 0 Å². The number of aromatic nitrogens is 1. The molecule has 0 saturated carbocycles. The lowest BCUT2D eigenvalue weighted by molar-refractivity contribution is -0.147. The molecule has 0 bridgehead atoms. The summed E-state index contributed by atoms with van der Waals surface area (Å²) in [5.74, 6) is 0.776. The molecule has 1 aromatic heterocycles. The molecule has 2 heterocycles. The Labute approximate surface area is 157 Å². The molecule has 2 rings (SSSR count). The van der Waals surface area contributed by atoms with Crippen molar-refractivity contribution in [3.05, 3.63) is 34.2 Å². The third kappa shape index (κ3) is 6.34. The number of hydrogen-bond acceptors (Lipinski definition) is 4. The minimum Gasteiger partial charge on any atom is -0.464 e. The zero-order valence-corrected chi connectivity index (χ0v) is 16.5. The third-order valence-electron chi connectivity index (χ3n) is 4.44. The maximum Gasteiger partial charge on any atom is 0.329 e. The number of nitrogens with zero attached hydrogens (tertiary/aromatic N) is 2. The van der Waals surface area contributed by atoms with Gasteiger partial charge in [-0.2, -0.15) is 0 Å². The van der Waals surface area contributed by atoms with Gasteiger partial charge in [0.05, 0.1) is 6.61 Å². The van der Waals surface area contributed by atoms with Crippen LogP contribution in [0.4, 0.5) is 0 Å². The molecule has 0 spiro atoms. The molecule has 0 amide bonds. The Morgan fingerprint density at radius 3 is 2.50 bits per heavy atom. The van der Waals surface area contributed by atoms with Crippen LogP contribution in [0.3, 0.4) is 0 Å². The van der Waals surface area contributed by atoms with E-state index in [1.54, 1.807) is 17.6 Å². The number of carbonyl (C=O) groups is 1. The standard InChI is InChI=1S/C19H30N2O3.C2H2/c1-5-24-19(23)17(10-14(2)3)21-13-16(6-7-18(21)22)8-9-20-11-15(4)12-20;1-2/h6-7,13-15,17H,5,8-12H2,1-4H3;1-2H. The van der Waals surface area contributed by atoms with Gasteiger partial charge in [-0.1, -0.05) is 26.8 Å². The maximum atomic E-state index is 12.3. The van der Waals surface area contributed by atoms with E-state index in [0.29, 0.717) is 18.9 Å². The molecule has 1 unspecified atom stereocenters. The lowest BCUT2D eigenvalue weighted by Gasteiger charge is -2.37. The summed E-state index contributed by atoms with van der Waals surface area (Å²) in [5, 5.41) is 0. The predicted octanol–water partition coefficient (Wildman–Crippen LogP) is 2.74. The van der Waals surface area contributed by atoms with Gasteiger partial charge in [-0.25, -0.2) is 4.79 Å². The van der Waals surface area contributed by atoms with Crippen LogP contribution < -0.4 is 5.56 Å². The number of hydrogen-bond donors (Lipinski definition) is 0. The van der Waals surface area contributed by atoms with Gasteiger partial charge in [-0.15, -0.1) is 12.8 Å². The fourth-order valence-electron chi connectivity index (χ4n) is 3.25. The summed E-state index contributed by atoms with van der Waals surface area (Å²) in [5.41, 5.74) is 0.947. The molecule has 0 N–H and O–H groups in total. The summed E-state index contributed by atoms with van der Waals surface area (Å²) < 4.78 is 6.75. The van der Waals surface area contributed by atoms with Crippen molar-refractivity contribution in [2.75, 3.05) is 26.2 Å². The molecule has 144 valence electrons. The van der Waals surface area contributed by atoms with Crippen molar-refractivity contribution < 1.29 is 9.53 Å². The number of carbonyl (C=O) groups excluding carboxylic acids is 1. The average Bonchev–Trinajstić information content (AvgIpc) is 2.59. The largest absolute Gasteiger partial charge is 0.464 e. The number of ether oxygens (including phenoxy) is 1. The van der Waals surface area contributed by atoms with E-state index in [1.807, 2.05) is 26.1 Å². The van der Waals surface area contributed by atoms with Gasteiger partial charge in [-0.05, 0) is 37.2 Å². The Balaban J connectivity index is 0.00000163. The van der Waals surface area contributed by atoms with Gasteiger partial charge in [0.25, 0.3) is 5.56 Å². The predicted molar refractivity (Wildman–Crippen MR) is 105 cm³/mol. The van der Waals surface area contributed by atoms with Crippen LogP contribution >= 0.6 is 0 Å². The molecule has 1 fully saturated rings. The minimum atomic E-state index is -0.540. The fourth-order valence-corrected chi connectivity index (χ4v) is 3.25. The summed E-state index contributed by atoms with van der Waals surface area (Å²) >= 11 is 0. The zero-order valence-electron chi connectivity index (χ0n) is 16.5. The van der Waals surface area contributed by atoms with E-state index in [0.717, 1.165) is 37.5 Å². The normalized spacial score (nSPS) is 15.7. The lowest BCUT2D eigenvalue weighted by Crippen LogP contribution is -2.45. The lowest BCUT2D eigenvalue weighted by atomic mass is 10.0. The molecule has 5 heteroatoms. The van der Waals surface area contributed by atoms with E-state index in [9.17, 15) is 9.59 Å². The Bertz CT molecular complexity index is 642. The number of esters is 1. The van der Waals surface area contributed by atoms with Crippen LogP contribution in [0.15, 0.2) is 23.1 Å². The second kappa shape index (κ2) is 10.8. The molecule has 1 atom stereocenters. The molecule has 26 heavy (non-hydrogen) atoms. The number of rotatable bonds is 8. The summed E-state index contributed by atoms with van der Waals surface area (Å²) in [4.78, 5) is 27.0. The molecule has 0 aliphatic carbocycles. The van der Waals surface area contributed by atoms with Gasteiger partial charge in [0, 0.05) is 31.9 Å². The molecular formula is C21H32N2O3. The van der Waals surface area contributed by atoms with Crippen LogP contribution in [-0.2, 0) is 16.0 Å². The van der Waals surface area contributed by atoms with Crippen LogP contribution in [0.1, 0.15) is 45.7 Å². The number of pyridine rings is 1. The highest BCUT2D eigenvalue weighted by Crippen LogP contribution is 2.19. The summed E-state index contributed by atoms with van der Waals surface area (Å²) in [6.07, 6.45) is 11.3. The smallest absolute Gasteiger partial charge is 0.329 e. The van der Waals surface area contributed by atoms with E-state index in [1.165, 1.54) is 0 Å². The number of terminal acetylenes is 1. The first-order valence-corrected chi connectivity index (χ1v) is 9.34. The molecule has 5 nitrogen and oxygen atoms in total. The van der Waals surface area contributed by atoms with Crippen molar-refractivity contribution in [2.45, 2.75) is 46.6 Å². The second-order valence-electron chi connectivity index (χ2n) is 7.29. The van der Waals surface area contributed by atoms with E-state index >= 15 is 0 Å².